The van der Waals surface area contributed by atoms with E-state index in [4.69, 9.17) is 4.74 Å². The molecule has 128 valence electrons. The zero-order valence-electron chi connectivity index (χ0n) is 13.0. The molecular weight excluding hydrogens is 338 g/mol. The molecule has 1 N–H and O–H groups in total. The maximum atomic E-state index is 12.1. The predicted octanol–water partition coefficient (Wildman–Crippen LogP) is 0.340. The van der Waals surface area contributed by atoms with Gasteiger partial charge in [0.25, 0.3) is 0 Å². The lowest BCUT2D eigenvalue weighted by molar-refractivity contribution is -0.120. The van der Waals surface area contributed by atoms with Crippen LogP contribution in [-0.4, -0.2) is 67.5 Å². The van der Waals surface area contributed by atoms with E-state index in [0.717, 1.165) is 5.03 Å². The molecule has 1 aromatic heterocycles. The van der Waals surface area contributed by atoms with Gasteiger partial charge in [0, 0.05) is 25.8 Å². The lowest BCUT2D eigenvalue weighted by atomic mass is 10.4. The van der Waals surface area contributed by atoms with Crippen molar-refractivity contribution in [2.24, 2.45) is 0 Å². The Balaban J connectivity index is 1.75. The Kier molecular flexibility index (Phi) is 6.82. The van der Waals surface area contributed by atoms with Crippen molar-refractivity contribution in [2.45, 2.75) is 17.2 Å². The number of ether oxygens (including phenoxy) is 1. The molecular formula is C14H21N3O4S2. The van der Waals surface area contributed by atoms with Crippen LogP contribution in [0.1, 0.15) is 6.92 Å². The van der Waals surface area contributed by atoms with E-state index in [0.29, 0.717) is 26.3 Å². The fourth-order valence-electron chi connectivity index (χ4n) is 2.05. The number of amides is 1. The monoisotopic (exact) mass is 359 g/mol. The van der Waals surface area contributed by atoms with E-state index < -0.39 is 10.0 Å². The normalized spacial score (nSPS) is 17.6. The number of rotatable bonds is 7. The average molecular weight is 359 g/mol. The molecule has 0 bridgehead atoms. The van der Waals surface area contributed by atoms with Crippen molar-refractivity contribution in [3.05, 3.63) is 24.4 Å². The first-order valence-corrected chi connectivity index (χ1v) is 9.89. The van der Waals surface area contributed by atoms with Crippen LogP contribution in [0.4, 0.5) is 0 Å². The molecule has 1 unspecified atom stereocenters. The summed E-state index contributed by atoms with van der Waals surface area (Å²) in [5.74, 6) is -0.294. The Bertz CT molecular complexity index is 604. The third kappa shape index (κ3) is 5.76. The number of carbonyl (C=O) groups excluding carboxylic acids is 1. The number of pyridine rings is 1. The number of aromatic nitrogens is 1. The summed E-state index contributed by atoms with van der Waals surface area (Å²) in [7, 11) is -3.34. The minimum absolute atomic E-state index is 0.0975. The van der Waals surface area contributed by atoms with Crippen LogP contribution < -0.4 is 5.32 Å². The molecule has 0 aliphatic carbocycles. The predicted molar refractivity (Wildman–Crippen MR) is 88.7 cm³/mol. The Morgan fingerprint density at radius 2 is 2.17 bits per heavy atom. The molecule has 23 heavy (non-hydrogen) atoms. The van der Waals surface area contributed by atoms with E-state index in [9.17, 15) is 13.2 Å². The topological polar surface area (TPSA) is 88.6 Å². The van der Waals surface area contributed by atoms with Crippen molar-refractivity contribution < 1.29 is 17.9 Å². The van der Waals surface area contributed by atoms with Crippen molar-refractivity contribution in [1.29, 1.82) is 0 Å². The fraction of sp³-hybridized carbons (Fsp3) is 0.571. The highest BCUT2D eigenvalue weighted by molar-refractivity contribution is 8.00. The molecule has 1 aromatic rings. The van der Waals surface area contributed by atoms with E-state index >= 15 is 0 Å². The second-order valence-electron chi connectivity index (χ2n) is 5.05. The van der Waals surface area contributed by atoms with Crippen LogP contribution in [0.5, 0.6) is 0 Å². The number of carbonyl (C=O) groups is 1. The van der Waals surface area contributed by atoms with Gasteiger partial charge in [-0.1, -0.05) is 17.8 Å². The summed E-state index contributed by atoms with van der Waals surface area (Å²) in [6.07, 6.45) is 1.67. The molecule has 0 spiro atoms. The number of morpholine rings is 1. The van der Waals surface area contributed by atoms with E-state index in [1.807, 2.05) is 18.2 Å². The Labute approximate surface area is 140 Å². The maximum absolute atomic E-state index is 12.1. The van der Waals surface area contributed by atoms with E-state index in [1.165, 1.54) is 16.1 Å². The lowest BCUT2D eigenvalue weighted by Gasteiger charge is -2.26. The minimum Gasteiger partial charge on any atom is -0.379 e. The van der Waals surface area contributed by atoms with Crippen LogP contribution in [0, 0.1) is 0 Å². The number of nitrogens with zero attached hydrogens (tertiary/aromatic N) is 2. The summed E-state index contributed by atoms with van der Waals surface area (Å²) < 4.78 is 30.8. The van der Waals surface area contributed by atoms with Crippen LogP contribution in [0.2, 0.25) is 0 Å². The highest BCUT2D eigenvalue weighted by Gasteiger charge is 2.24. The molecule has 1 aliphatic heterocycles. The second kappa shape index (κ2) is 8.62. The van der Waals surface area contributed by atoms with Crippen molar-refractivity contribution in [3.63, 3.8) is 0 Å². The van der Waals surface area contributed by atoms with Gasteiger partial charge in [-0.3, -0.25) is 4.79 Å². The van der Waals surface area contributed by atoms with Gasteiger partial charge in [0.2, 0.25) is 15.9 Å². The maximum Gasteiger partial charge on any atom is 0.233 e. The molecule has 7 nitrogen and oxygen atoms in total. The van der Waals surface area contributed by atoms with Gasteiger partial charge in [0.1, 0.15) is 0 Å². The van der Waals surface area contributed by atoms with Crippen LogP contribution in [0.3, 0.4) is 0 Å². The average Bonchev–Trinajstić information content (AvgIpc) is 2.56. The molecule has 0 saturated carbocycles. The highest BCUT2D eigenvalue weighted by Crippen LogP contribution is 2.20. The van der Waals surface area contributed by atoms with Gasteiger partial charge in [-0.2, -0.15) is 4.31 Å². The SMILES string of the molecule is CC(Sc1ccccn1)C(=O)NCCS(=O)(=O)N1CCOCC1. The van der Waals surface area contributed by atoms with Gasteiger partial charge in [-0.25, -0.2) is 13.4 Å². The zero-order chi connectivity index (χ0) is 16.7. The lowest BCUT2D eigenvalue weighted by Crippen LogP contribution is -2.44. The van der Waals surface area contributed by atoms with Crippen LogP contribution in [0.25, 0.3) is 0 Å². The molecule has 1 atom stereocenters. The Morgan fingerprint density at radius 3 is 2.83 bits per heavy atom. The summed E-state index contributed by atoms with van der Waals surface area (Å²) in [5, 5.41) is 3.10. The van der Waals surface area contributed by atoms with Gasteiger partial charge in [-0.15, -0.1) is 0 Å². The van der Waals surface area contributed by atoms with Gasteiger partial charge in [0.05, 0.1) is 29.2 Å². The molecule has 2 rings (SSSR count). The smallest absolute Gasteiger partial charge is 0.233 e. The van der Waals surface area contributed by atoms with E-state index in [2.05, 4.69) is 10.3 Å². The quantitative estimate of drug-likeness (QED) is 0.706. The summed E-state index contributed by atoms with van der Waals surface area (Å²) in [4.78, 5) is 16.2. The third-order valence-electron chi connectivity index (χ3n) is 3.33. The van der Waals surface area contributed by atoms with Gasteiger partial charge < -0.3 is 10.1 Å². The van der Waals surface area contributed by atoms with Crippen molar-refractivity contribution in [3.8, 4) is 0 Å². The number of thioether (sulfide) groups is 1. The molecule has 1 saturated heterocycles. The number of nitrogens with one attached hydrogen (secondary N) is 1. The van der Waals surface area contributed by atoms with Crippen LogP contribution in [-0.2, 0) is 19.6 Å². The number of sulfonamides is 1. The molecule has 0 aromatic carbocycles. The summed E-state index contributed by atoms with van der Waals surface area (Å²) >= 11 is 1.34. The van der Waals surface area contributed by atoms with Crippen LogP contribution >= 0.6 is 11.8 Å². The molecule has 9 heteroatoms. The minimum atomic E-state index is -3.34. The first-order chi connectivity index (χ1) is 11.0. The fourth-order valence-corrected chi connectivity index (χ4v) is 4.21. The highest BCUT2D eigenvalue weighted by atomic mass is 32.2. The van der Waals surface area contributed by atoms with Gasteiger partial charge in [0.15, 0.2) is 0 Å². The number of hydrogen-bond acceptors (Lipinski definition) is 6. The molecule has 2 heterocycles. The molecule has 1 fully saturated rings. The molecule has 0 radical (unpaired) electrons. The van der Waals surface area contributed by atoms with Crippen molar-refractivity contribution in [1.82, 2.24) is 14.6 Å². The first-order valence-electron chi connectivity index (χ1n) is 7.40. The van der Waals surface area contributed by atoms with Crippen LogP contribution in [0.15, 0.2) is 29.4 Å². The van der Waals surface area contributed by atoms with Crippen molar-refractivity contribution >= 4 is 27.7 Å². The Morgan fingerprint density at radius 1 is 1.43 bits per heavy atom. The van der Waals surface area contributed by atoms with E-state index in [-0.39, 0.29) is 23.5 Å². The number of hydrogen-bond donors (Lipinski definition) is 1. The standard InChI is InChI=1S/C14H21N3O4S2/c1-12(22-13-4-2-3-5-15-13)14(18)16-6-11-23(19,20)17-7-9-21-10-8-17/h2-5,12H,6-11H2,1H3,(H,16,18). The largest absolute Gasteiger partial charge is 0.379 e. The van der Waals surface area contributed by atoms with Crippen molar-refractivity contribution in [2.75, 3.05) is 38.6 Å². The first kappa shape index (κ1) is 18.2. The zero-order valence-corrected chi connectivity index (χ0v) is 14.6. The molecule has 1 amide bonds. The summed E-state index contributed by atoms with van der Waals surface area (Å²) in [6.45, 7) is 3.47. The van der Waals surface area contributed by atoms with E-state index in [1.54, 1.807) is 13.1 Å². The van der Waals surface area contributed by atoms with Gasteiger partial charge >= 0.3 is 0 Å². The molecule has 1 aliphatic rings. The van der Waals surface area contributed by atoms with Gasteiger partial charge in [-0.05, 0) is 19.1 Å². The third-order valence-corrected chi connectivity index (χ3v) is 6.25. The Hall–Kier alpha value is -1.16. The second-order valence-corrected chi connectivity index (χ2v) is 8.50. The summed E-state index contributed by atoms with van der Waals surface area (Å²) in [6, 6.07) is 5.50. The summed E-state index contributed by atoms with van der Waals surface area (Å²) in [5.41, 5.74) is 0.